The SMILES string of the molecule is Cc1ccc(NC(=O)NCCSCc2ccccc2)cc1Cl. The van der Waals surface area contributed by atoms with Gasteiger partial charge in [-0.1, -0.05) is 48.0 Å². The first-order valence-corrected chi connectivity index (χ1v) is 8.61. The molecule has 0 aliphatic rings. The summed E-state index contributed by atoms with van der Waals surface area (Å²) in [6.07, 6.45) is 0. The zero-order valence-electron chi connectivity index (χ0n) is 12.4. The molecule has 116 valence electrons. The molecule has 2 N–H and O–H groups in total. The van der Waals surface area contributed by atoms with Crippen LogP contribution < -0.4 is 10.6 Å². The lowest BCUT2D eigenvalue weighted by atomic mass is 10.2. The van der Waals surface area contributed by atoms with Gasteiger partial charge in [-0.15, -0.1) is 0 Å². The summed E-state index contributed by atoms with van der Waals surface area (Å²) in [7, 11) is 0. The first-order chi connectivity index (χ1) is 10.6. The maximum Gasteiger partial charge on any atom is 0.319 e. The van der Waals surface area contributed by atoms with Crippen molar-refractivity contribution < 1.29 is 4.79 Å². The molecule has 0 radical (unpaired) electrons. The highest BCUT2D eigenvalue weighted by molar-refractivity contribution is 7.98. The largest absolute Gasteiger partial charge is 0.337 e. The molecule has 0 unspecified atom stereocenters. The molecule has 0 saturated heterocycles. The lowest BCUT2D eigenvalue weighted by Gasteiger charge is -2.08. The monoisotopic (exact) mass is 334 g/mol. The van der Waals surface area contributed by atoms with E-state index in [-0.39, 0.29) is 6.03 Å². The van der Waals surface area contributed by atoms with Crippen molar-refractivity contribution in [2.75, 3.05) is 17.6 Å². The molecule has 0 atom stereocenters. The quantitative estimate of drug-likeness (QED) is 0.751. The van der Waals surface area contributed by atoms with E-state index in [9.17, 15) is 4.79 Å². The summed E-state index contributed by atoms with van der Waals surface area (Å²) >= 11 is 7.82. The number of thioether (sulfide) groups is 1. The molecule has 0 saturated carbocycles. The number of carbonyl (C=O) groups is 1. The predicted octanol–water partition coefficient (Wildman–Crippen LogP) is 4.70. The average Bonchev–Trinajstić information content (AvgIpc) is 2.52. The van der Waals surface area contributed by atoms with Crippen LogP contribution in [0.2, 0.25) is 5.02 Å². The number of hydrogen-bond donors (Lipinski definition) is 2. The van der Waals surface area contributed by atoms with E-state index < -0.39 is 0 Å². The second kappa shape index (κ2) is 8.71. The second-order valence-corrected chi connectivity index (χ2v) is 6.40. The van der Waals surface area contributed by atoms with E-state index >= 15 is 0 Å². The predicted molar refractivity (Wildman–Crippen MR) is 95.8 cm³/mol. The highest BCUT2D eigenvalue weighted by Crippen LogP contribution is 2.19. The molecule has 0 aliphatic heterocycles. The van der Waals surface area contributed by atoms with Crippen molar-refractivity contribution in [3.8, 4) is 0 Å². The third-order valence-electron chi connectivity index (χ3n) is 3.07. The number of nitrogens with one attached hydrogen (secondary N) is 2. The number of carbonyl (C=O) groups excluding carboxylic acids is 1. The average molecular weight is 335 g/mol. The normalized spacial score (nSPS) is 10.3. The first kappa shape index (κ1) is 16.7. The van der Waals surface area contributed by atoms with Crippen LogP contribution in [0.25, 0.3) is 0 Å². The molecule has 2 aromatic carbocycles. The van der Waals surface area contributed by atoms with Gasteiger partial charge >= 0.3 is 6.03 Å². The van der Waals surface area contributed by atoms with E-state index in [0.717, 1.165) is 17.1 Å². The van der Waals surface area contributed by atoms with Gasteiger partial charge in [-0.05, 0) is 30.2 Å². The lowest BCUT2D eigenvalue weighted by Crippen LogP contribution is -2.30. The van der Waals surface area contributed by atoms with Crippen LogP contribution in [0.1, 0.15) is 11.1 Å². The molecule has 0 heterocycles. The Bertz CT molecular complexity index is 619. The number of halogens is 1. The van der Waals surface area contributed by atoms with Crippen LogP contribution in [0, 0.1) is 6.92 Å². The molecular weight excluding hydrogens is 316 g/mol. The molecule has 0 aliphatic carbocycles. The van der Waals surface area contributed by atoms with Gasteiger partial charge in [-0.2, -0.15) is 11.8 Å². The maximum absolute atomic E-state index is 11.8. The Labute approximate surface area is 140 Å². The Morgan fingerprint density at radius 3 is 2.68 bits per heavy atom. The zero-order chi connectivity index (χ0) is 15.8. The molecule has 3 nitrogen and oxygen atoms in total. The van der Waals surface area contributed by atoms with Crippen molar-refractivity contribution in [3.05, 3.63) is 64.7 Å². The zero-order valence-corrected chi connectivity index (χ0v) is 14.0. The lowest BCUT2D eigenvalue weighted by molar-refractivity contribution is 0.252. The van der Waals surface area contributed by atoms with Gasteiger partial charge in [0.25, 0.3) is 0 Å². The smallest absolute Gasteiger partial charge is 0.319 e. The highest BCUT2D eigenvalue weighted by Gasteiger charge is 2.03. The minimum absolute atomic E-state index is 0.208. The second-order valence-electron chi connectivity index (χ2n) is 4.88. The van der Waals surface area contributed by atoms with Crippen LogP contribution in [0.15, 0.2) is 48.5 Å². The van der Waals surface area contributed by atoms with E-state index in [0.29, 0.717) is 17.3 Å². The van der Waals surface area contributed by atoms with E-state index in [1.165, 1.54) is 5.56 Å². The summed E-state index contributed by atoms with van der Waals surface area (Å²) in [5.74, 6) is 1.83. The van der Waals surface area contributed by atoms with Crippen molar-refractivity contribution in [1.29, 1.82) is 0 Å². The first-order valence-electron chi connectivity index (χ1n) is 7.08. The van der Waals surface area contributed by atoms with Crippen molar-refractivity contribution in [1.82, 2.24) is 5.32 Å². The van der Waals surface area contributed by atoms with Gasteiger partial charge in [0.15, 0.2) is 0 Å². The fourth-order valence-electron chi connectivity index (χ4n) is 1.85. The fourth-order valence-corrected chi connectivity index (χ4v) is 2.85. The molecule has 0 aromatic heterocycles. The van der Waals surface area contributed by atoms with Gasteiger partial charge in [0.2, 0.25) is 0 Å². The van der Waals surface area contributed by atoms with Gasteiger partial charge in [-0.25, -0.2) is 4.79 Å². The van der Waals surface area contributed by atoms with Crippen molar-refractivity contribution in [2.24, 2.45) is 0 Å². The Balaban J connectivity index is 1.64. The van der Waals surface area contributed by atoms with E-state index in [1.54, 1.807) is 17.8 Å². The van der Waals surface area contributed by atoms with Crippen LogP contribution >= 0.6 is 23.4 Å². The van der Waals surface area contributed by atoms with Gasteiger partial charge < -0.3 is 10.6 Å². The van der Waals surface area contributed by atoms with Gasteiger partial charge in [0, 0.05) is 28.8 Å². The van der Waals surface area contributed by atoms with E-state index in [2.05, 4.69) is 22.8 Å². The standard InChI is InChI=1S/C17H19ClN2OS/c1-13-7-8-15(11-16(13)18)20-17(21)19-9-10-22-12-14-5-3-2-4-6-14/h2-8,11H,9-10,12H2,1H3,(H2,19,20,21). The van der Waals surface area contributed by atoms with Crippen LogP contribution in [-0.4, -0.2) is 18.3 Å². The molecule has 22 heavy (non-hydrogen) atoms. The summed E-state index contributed by atoms with van der Waals surface area (Å²) in [6, 6.07) is 15.6. The summed E-state index contributed by atoms with van der Waals surface area (Å²) in [4.78, 5) is 11.8. The molecule has 0 fully saturated rings. The summed E-state index contributed by atoms with van der Waals surface area (Å²) in [6.45, 7) is 2.55. The number of amides is 2. The van der Waals surface area contributed by atoms with Crippen LogP contribution in [0.5, 0.6) is 0 Å². The minimum atomic E-state index is -0.208. The van der Waals surface area contributed by atoms with Crippen molar-refractivity contribution in [3.63, 3.8) is 0 Å². The van der Waals surface area contributed by atoms with Crippen LogP contribution in [0.4, 0.5) is 10.5 Å². The highest BCUT2D eigenvalue weighted by atomic mass is 35.5. The third-order valence-corrected chi connectivity index (χ3v) is 4.51. The van der Waals surface area contributed by atoms with Gasteiger partial charge in [-0.3, -0.25) is 0 Å². The molecular formula is C17H19ClN2OS. The molecule has 2 amide bonds. The number of rotatable bonds is 6. The summed E-state index contributed by atoms with van der Waals surface area (Å²) in [5.41, 5.74) is 2.99. The molecule has 5 heteroatoms. The number of aryl methyl sites for hydroxylation is 1. The number of urea groups is 1. The van der Waals surface area contributed by atoms with Crippen LogP contribution in [-0.2, 0) is 5.75 Å². The van der Waals surface area contributed by atoms with Crippen molar-refractivity contribution in [2.45, 2.75) is 12.7 Å². The van der Waals surface area contributed by atoms with Crippen LogP contribution in [0.3, 0.4) is 0 Å². The topological polar surface area (TPSA) is 41.1 Å². The van der Waals surface area contributed by atoms with E-state index in [4.69, 9.17) is 11.6 Å². The molecule has 0 spiro atoms. The molecule has 2 aromatic rings. The fraction of sp³-hybridized carbons (Fsp3) is 0.235. The number of hydrogen-bond acceptors (Lipinski definition) is 2. The maximum atomic E-state index is 11.8. The molecule has 0 bridgehead atoms. The van der Waals surface area contributed by atoms with Crippen molar-refractivity contribution >= 4 is 35.1 Å². The number of benzene rings is 2. The number of anilines is 1. The summed E-state index contributed by atoms with van der Waals surface area (Å²) < 4.78 is 0. The Morgan fingerprint density at radius 2 is 1.95 bits per heavy atom. The Hall–Kier alpha value is -1.65. The third kappa shape index (κ3) is 5.62. The van der Waals surface area contributed by atoms with Gasteiger partial charge in [0.05, 0.1) is 0 Å². The summed E-state index contributed by atoms with van der Waals surface area (Å²) in [5, 5.41) is 6.26. The Morgan fingerprint density at radius 1 is 1.18 bits per heavy atom. The van der Waals surface area contributed by atoms with E-state index in [1.807, 2.05) is 37.3 Å². The van der Waals surface area contributed by atoms with Gasteiger partial charge in [0.1, 0.15) is 0 Å². The minimum Gasteiger partial charge on any atom is -0.337 e. The molecule has 2 rings (SSSR count). The Kier molecular flexibility index (Phi) is 6.62.